The van der Waals surface area contributed by atoms with Crippen molar-refractivity contribution in [2.45, 2.75) is 45.5 Å². The van der Waals surface area contributed by atoms with Gasteiger partial charge in [-0.3, -0.25) is 4.79 Å². The van der Waals surface area contributed by atoms with Gasteiger partial charge in [0, 0.05) is 17.0 Å². The van der Waals surface area contributed by atoms with Crippen LogP contribution >= 0.6 is 11.8 Å². The predicted octanol–water partition coefficient (Wildman–Crippen LogP) is 3.41. The quantitative estimate of drug-likeness (QED) is 0.817. The van der Waals surface area contributed by atoms with E-state index in [0.29, 0.717) is 6.54 Å². The van der Waals surface area contributed by atoms with Crippen LogP contribution in [0.3, 0.4) is 0 Å². The fourth-order valence-electron chi connectivity index (χ4n) is 1.62. The minimum atomic E-state index is -0.476. The Labute approximate surface area is 126 Å². The van der Waals surface area contributed by atoms with Crippen molar-refractivity contribution in [2.75, 3.05) is 12.3 Å². The summed E-state index contributed by atoms with van der Waals surface area (Å²) in [5.41, 5.74) is 1.12. The largest absolute Gasteiger partial charge is 0.481 e. The Balaban J connectivity index is 2.32. The Bertz CT molecular complexity index is 440. The molecule has 1 amide bonds. The van der Waals surface area contributed by atoms with E-state index in [0.717, 1.165) is 17.1 Å². The van der Waals surface area contributed by atoms with Gasteiger partial charge in [0.15, 0.2) is 6.10 Å². The van der Waals surface area contributed by atoms with Gasteiger partial charge in [0.25, 0.3) is 5.91 Å². The number of nitrogens with one attached hydrogen (secondary N) is 1. The Morgan fingerprint density at radius 1 is 1.40 bits per heavy atom. The maximum absolute atomic E-state index is 11.9. The second-order valence-electron chi connectivity index (χ2n) is 5.83. The van der Waals surface area contributed by atoms with Gasteiger partial charge in [-0.1, -0.05) is 32.9 Å². The van der Waals surface area contributed by atoms with Crippen molar-refractivity contribution < 1.29 is 9.53 Å². The van der Waals surface area contributed by atoms with E-state index in [9.17, 15) is 4.79 Å². The van der Waals surface area contributed by atoms with Crippen LogP contribution in [0.5, 0.6) is 5.75 Å². The van der Waals surface area contributed by atoms with Gasteiger partial charge < -0.3 is 10.1 Å². The number of carbonyl (C=O) groups is 1. The zero-order valence-electron chi connectivity index (χ0n) is 13.0. The topological polar surface area (TPSA) is 38.3 Å². The molecule has 1 aromatic rings. The smallest absolute Gasteiger partial charge is 0.260 e. The van der Waals surface area contributed by atoms with Gasteiger partial charge in [0.2, 0.25) is 0 Å². The number of amides is 1. The first-order chi connectivity index (χ1) is 9.28. The van der Waals surface area contributed by atoms with Crippen LogP contribution in [0.2, 0.25) is 0 Å². The van der Waals surface area contributed by atoms with E-state index in [4.69, 9.17) is 4.74 Å². The highest BCUT2D eigenvalue weighted by Gasteiger charge is 2.15. The van der Waals surface area contributed by atoms with E-state index in [1.807, 2.05) is 43.0 Å². The number of aryl methyl sites for hydroxylation is 1. The SMILES string of the molecule is Cc1cccc(O[C@@H](C)C(=O)NCCSC(C)(C)C)c1. The van der Waals surface area contributed by atoms with Crippen LogP contribution in [0.4, 0.5) is 0 Å². The third-order valence-corrected chi connectivity index (χ3v) is 3.88. The molecule has 112 valence electrons. The number of hydrogen-bond acceptors (Lipinski definition) is 3. The summed E-state index contributed by atoms with van der Waals surface area (Å²) in [6, 6.07) is 7.72. The molecule has 0 fully saturated rings. The fraction of sp³-hybridized carbons (Fsp3) is 0.562. The molecule has 0 aliphatic rings. The minimum Gasteiger partial charge on any atom is -0.481 e. The van der Waals surface area contributed by atoms with Gasteiger partial charge in [0.1, 0.15) is 5.75 Å². The molecule has 3 nitrogen and oxygen atoms in total. The van der Waals surface area contributed by atoms with Crippen molar-refractivity contribution in [3.8, 4) is 5.75 Å². The van der Waals surface area contributed by atoms with Crippen molar-refractivity contribution in [1.29, 1.82) is 0 Å². The number of rotatable bonds is 6. The van der Waals surface area contributed by atoms with E-state index in [-0.39, 0.29) is 10.7 Å². The van der Waals surface area contributed by atoms with Crippen LogP contribution in [-0.4, -0.2) is 29.1 Å². The summed E-state index contributed by atoms with van der Waals surface area (Å²) in [7, 11) is 0. The van der Waals surface area contributed by atoms with Gasteiger partial charge in [-0.25, -0.2) is 0 Å². The van der Waals surface area contributed by atoms with Gasteiger partial charge >= 0.3 is 0 Å². The first kappa shape index (κ1) is 16.9. The summed E-state index contributed by atoms with van der Waals surface area (Å²) in [4.78, 5) is 11.9. The molecule has 0 saturated carbocycles. The molecule has 0 spiro atoms. The normalized spacial score (nSPS) is 12.8. The first-order valence-electron chi connectivity index (χ1n) is 6.93. The lowest BCUT2D eigenvalue weighted by Crippen LogP contribution is -2.37. The summed E-state index contributed by atoms with van der Waals surface area (Å²) >= 11 is 1.84. The monoisotopic (exact) mass is 295 g/mol. The number of carbonyl (C=O) groups excluding carboxylic acids is 1. The van der Waals surface area contributed by atoms with Crippen molar-refractivity contribution in [2.24, 2.45) is 0 Å². The van der Waals surface area contributed by atoms with E-state index < -0.39 is 6.10 Å². The van der Waals surface area contributed by atoms with Crippen molar-refractivity contribution in [1.82, 2.24) is 5.32 Å². The third-order valence-electron chi connectivity index (χ3n) is 2.61. The van der Waals surface area contributed by atoms with E-state index in [1.54, 1.807) is 6.92 Å². The summed E-state index contributed by atoms with van der Waals surface area (Å²) in [5, 5.41) is 2.91. The molecule has 1 aromatic carbocycles. The first-order valence-corrected chi connectivity index (χ1v) is 7.91. The summed E-state index contributed by atoms with van der Waals surface area (Å²) in [6.45, 7) is 11.0. The lowest BCUT2D eigenvalue weighted by atomic mass is 10.2. The van der Waals surface area contributed by atoms with Crippen LogP contribution in [0.1, 0.15) is 33.3 Å². The van der Waals surface area contributed by atoms with Crippen LogP contribution in [-0.2, 0) is 4.79 Å². The lowest BCUT2D eigenvalue weighted by Gasteiger charge is -2.18. The Morgan fingerprint density at radius 3 is 2.70 bits per heavy atom. The second kappa shape index (κ2) is 7.58. The van der Waals surface area contributed by atoms with Crippen molar-refractivity contribution in [3.63, 3.8) is 0 Å². The molecule has 0 aliphatic heterocycles. The highest BCUT2D eigenvalue weighted by atomic mass is 32.2. The number of thioether (sulfide) groups is 1. The van der Waals surface area contributed by atoms with Crippen LogP contribution in [0, 0.1) is 6.92 Å². The van der Waals surface area contributed by atoms with Gasteiger partial charge in [-0.05, 0) is 31.5 Å². The van der Waals surface area contributed by atoms with Crippen molar-refractivity contribution >= 4 is 17.7 Å². The molecule has 20 heavy (non-hydrogen) atoms. The maximum Gasteiger partial charge on any atom is 0.260 e. The molecule has 0 radical (unpaired) electrons. The second-order valence-corrected chi connectivity index (χ2v) is 7.75. The number of benzene rings is 1. The average molecular weight is 295 g/mol. The number of ether oxygens (including phenoxy) is 1. The summed E-state index contributed by atoms with van der Waals surface area (Å²) < 4.78 is 5.87. The molecule has 1 N–H and O–H groups in total. The minimum absolute atomic E-state index is 0.0685. The third kappa shape index (κ3) is 6.85. The van der Waals surface area contributed by atoms with Crippen LogP contribution < -0.4 is 10.1 Å². The molecule has 0 aliphatic carbocycles. The van der Waals surface area contributed by atoms with Gasteiger partial charge in [-0.2, -0.15) is 11.8 Å². The maximum atomic E-state index is 11.9. The average Bonchev–Trinajstić information content (AvgIpc) is 2.33. The molecule has 0 aromatic heterocycles. The standard InChI is InChI=1S/C16H25NO2S/c1-12-7-6-8-14(11-12)19-13(2)15(18)17-9-10-20-16(3,4)5/h6-8,11,13H,9-10H2,1-5H3,(H,17,18)/t13-/m0/s1. The Morgan fingerprint density at radius 2 is 2.10 bits per heavy atom. The molecule has 0 unspecified atom stereocenters. The Hall–Kier alpha value is -1.16. The molecule has 4 heteroatoms. The zero-order valence-corrected chi connectivity index (χ0v) is 13.8. The zero-order chi connectivity index (χ0) is 15.2. The van der Waals surface area contributed by atoms with E-state index >= 15 is 0 Å². The van der Waals surface area contributed by atoms with Crippen LogP contribution in [0.25, 0.3) is 0 Å². The Kier molecular flexibility index (Phi) is 6.40. The lowest BCUT2D eigenvalue weighted by molar-refractivity contribution is -0.127. The van der Waals surface area contributed by atoms with Gasteiger partial charge in [-0.15, -0.1) is 0 Å². The number of hydrogen-bond donors (Lipinski definition) is 1. The molecule has 1 atom stereocenters. The molecule has 0 saturated heterocycles. The van der Waals surface area contributed by atoms with Crippen molar-refractivity contribution in [3.05, 3.63) is 29.8 Å². The summed E-state index contributed by atoms with van der Waals surface area (Å²) in [5.74, 6) is 1.57. The molecular formula is C16H25NO2S. The van der Waals surface area contributed by atoms with E-state index in [1.165, 1.54) is 0 Å². The molecule has 0 heterocycles. The molecular weight excluding hydrogens is 270 g/mol. The molecule has 0 bridgehead atoms. The van der Waals surface area contributed by atoms with Crippen LogP contribution in [0.15, 0.2) is 24.3 Å². The highest BCUT2D eigenvalue weighted by Crippen LogP contribution is 2.22. The fourth-order valence-corrected chi connectivity index (χ4v) is 2.44. The van der Waals surface area contributed by atoms with E-state index in [2.05, 4.69) is 26.1 Å². The summed E-state index contributed by atoms with van der Waals surface area (Å²) in [6.07, 6.45) is -0.476. The highest BCUT2D eigenvalue weighted by molar-refractivity contribution is 8.00. The molecule has 1 rings (SSSR count). The van der Waals surface area contributed by atoms with Gasteiger partial charge in [0.05, 0.1) is 0 Å². The predicted molar refractivity (Wildman–Crippen MR) is 86.5 cm³/mol.